The molecule has 236 valence electrons. The molecule has 1 heterocycles. The fourth-order valence-corrected chi connectivity index (χ4v) is 5.24. The molecule has 0 spiro atoms. The van der Waals surface area contributed by atoms with Gasteiger partial charge in [-0.1, -0.05) is 31.2 Å². The van der Waals surface area contributed by atoms with Gasteiger partial charge < -0.3 is 25.6 Å². The maximum atomic E-state index is 13.4. The van der Waals surface area contributed by atoms with E-state index in [9.17, 15) is 14.4 Å². The van der Waals surface area contributed by atoms with Crippen LogP contribution in [0.2, 0.25) is 0 Å². The smallest absolute Gasteiger partial charge is 0.411 e. The predicted octanol–water partition coefficient (Wildman–Crippen LogP) is 6.03. The molecule has 0 saturated carbocycles. The zero-order valence-electron chi connectivity index (χ0n) is 26.6. The summed E-state index contributed by atoms with van der Waals surface area (Å²) in [5.41, 5.74) is 10.5. The Labute approximate surface area is 264 Å². The highest BCUT2D eigenvalue weighted by Gasteiger charge is 2.20. The Morgan fingerprint density at radius 2 is 1.71 bits per heavy atom. The molecule has 0 aliphatic carbocycles. The SMILES string of the molecule is CCN(CC)C(=O)c1ccc(NC(=O)OC[C@H](C)c2ccccc2C)cc1CN(C)C(=O)CNc1ccc2c(N)nccc2c1. The highest BCUT2D eigenvalue weighted by Crippen LogP contribution is 2.24. The van der Waals surface area contributed by atoms with Crippen molar-refractivity contribution in [2.24, 2.45) is 0 Å². The molecule has 0 bridgehead atoms. The Hall–Kier alpha value is -5.12. The Morgan fingerprint density at radius 1 is 0.978 bits per heavy atom. The van der Waals surface area contributed by atoms with Crippen LogP contribution in [0.25, 0.3) is 10.8 Å². The molecular weight excluding hydrogens is 568 g/mol. The molecule has 0 aliphatic rings. The molecule has 4 rings (SSSR count). The molecule has 0 radical (unpaired) electrons. The molecule has 3 amide bonds. The number of hydrogen-bond donors (Lipinski definition) is 3. The van der Waals surface area contributed by atoms with E-state index < -0.39 is 6.09 Å². The summed E-state index contributed by atoms with van der Waals surface area (Å²) >= 11 is 0. The molecule has 4 aromatic rings. The molecule has 4 N–H and O–H groups in total. The Morgan fingerprint density at radius 3 is 2.44 bits per heavy atom. The van der Waals surface area contributed by atoms with E-state index in [0.717, 1.165) is 27.6 Å². The summed E-state index contributed by atoms with van der Waals surface area (Å²) < 4.78 is 5.53. The van der Waals surface area contributed by atoms with Crippen molar-refractivity contribution in [3.8, 4) is 0 Å². The highest BCUT2D eigenvalue weighted by molar-refractivity contribution is 5.97. The van der Waals surface area contributed by atoms with E-state index in [0.29, 0.717) is 35.7 Å². The third-order valence-electron chi connectivity index (χ3n) is 7.89. The first kappa shape index (κ1) is 32.8. The molecule has 10 heteroatoms. The zero-order valence-corrected chi connectivity index (χ0v) is 26.6. The number of anilines is 3. The summed E-state index contributed by atoms with van der Waals surface area (Å²) in [6.45, 7) is 9.41. The van der Waals surface area contributed by atoms with E-state index in [2.05, 4.69) is 15.6 Å². The molecular formula is C35H42N6O4. The monoisotopic (exact) mass is 610 g/mol. The Kier molecular flexibility index (Phi) is 11.0. The predicted molar refractivity (Wildman–Crippen MR) is 179 cm³/mol. The van der Waals surface area contributed by atoms with Gasteiger partial charge in [0.1, 0.15) is 5.82 Å². The lowest BCUT2D eigenvalue weighted by molar-refractivity contribution is -0.128. The number of benzene rings is 3. The van der Waals surface area contributed by atoms with Crippen LogP contribution in [-0.2, 0) is 16.1 Å². The molecule has 45 heavy (non-hydrogen) atoms. The van der Waals surface area contributed by atoms with Gasteiger partial charge in [-0.15, -0.1) is 0 Å². The molecule has 10 nitrogen and oxygen atoms in total. The molecule has 3 aromatic carbocycles. The highest BCUT2D eigenvalue weighted by atomic mass is 16.5. The number of nitrogens with two attached hydrogens (primary N) is 1. The van der Waals surface area contributed by atoms with Crippen molar-refractivity contribution in [2.45, 2.75) is 40.2 Å². The van der Waals surface area contributed by atoms with Crippen LogP contribution < -0.4 is 16.4 Å². The second-order valence-electron chi connectivity index (χ2n) is 11.1. The average molecular weight is 611 g/mol. The van der Waals surface area contributed by atoms with Gasteiger partial charge in [0.05, 0.1) is 13.2 Å². The number of pyridine rings is 1. The number of carbonyl (C=O) groups is 3. The van der Waals surface area contributed by atoms with Gasteiger partial charge in [-0.25, -0.2) is 9.78 Å². The normalized spacial score (nSPS) is 11.5. The van der Waals surface area contributed by atoms with Crippen LogP contribution >= 0.6 is 0 Å². The van der Waals surface area contributed by atoms with Gasteiger partial charge in [0.25, 0.3) is 5.91 Å². The Bertz CT molecular complexity index is 1670. The number of nitrogen functional groups attached to an aromatic ring is 1. The van der Waals surface area contributed by atoms with E-state index in [-0.39, 0.29) is 37.4 Å². The third-order valence-corrected chi connectivity index (χ3v) is 7.89. The summed E-state index contributed by atoms with van der Waals surface area (Å²) in [5, 5.41) is 7.71. The van der Waals surface area contributed by atoms with Gasteiger partial charge in [0.2, 0.25) is 5.91 Å². The topological polar surface area (TPSA) is 130 Å². The summed E-state index contributed by atoms with van der Waals surface area (Å²) in [7, 11) is 1.68. The zero-order chi connectivity index (χ0) is 32.5. The van der Waals surface area contributed by atoms with Crippen molar-refractivity contribution in [3.63, 3.8) is 0 Å². The quantitative estimate of drug-likeness (QED) is 0.179. The number of aromatic nitrogens is 1. The van der Waals surface area contributed by atoms with E-state index in [1.165, 1.54) is 0 Å². The van der Waals surface area contributed by atoms with Gasteiger partial charge in [0, 0.05) is 61.1 Å². The van der Waals surface area contributed by atoms with E-state index in [1.54, 1.807) is 41.2 Å². The number of nitrogens with zero attached hydrogens (tertiary/aromatic N) is 3. The lowest BCUT2D eigenvalue weighted by atomic mass is 9.97. The first-order valence-electron chi connectivity index (χ1n) is 15.1. The second-order valence-corrected chi connectivity index (χ2v) is 11.1. The Balaban J connectivity index is 1.45. The number of ether oxygens (including phenoxy) is 1. The lowest BCUT2D eigenvalue weighted by Crippen LogP contribution is -2.34. The first-order chi connectivity index (χ1) is 21.6. The summed E-state index contributed by atoms with van der Waals surface area (Å²) in [6.07, 6.45) is 1.05. The average Bonchev–Trinajstić information content (AvgIpc) is 3.03. The van der Waals surface area contributed by atoms with Crippen LogP contribution in [0.1, 0.15) is 53.7 Å². The minimum Gasteiger partial charge on any atom is -0.449 e. The van der Waals surface area contributed by atoms with Crippen molar-refractivity contribution < 1.29 is 19.1 Å². The van der Waals surface area contributed by atoms with Crippen molar-refractivity contribution in [2.75, 3.05) is 49.7 Å². The van der Waals surface area contributed by atoms with Gasteiger partial charge in [-0.2, -0.15) is 0 Å². The molecule has 0 saturated heterocycles. The number of carbonyl (C=O) groups excluding carboxylic acids is 3. The maximum absolute atomic E-state index is 13.4. The lowest BCUT2D eigenvalue weighted by Gasteiger charge is -2.24. The molecule has 0 unspecified atom stereocenters. The molecule has 1 atom stereocenters. The van der Waals surface area contributed by atoms with Crippen LogP contribution in [0.15, 0.2) is 72.9 Å². The first-order valence-corrected chi connectivity index (χ1v) is 15.1. The number of amides is 3. The summed E-state index contributed by atoms with van der Waals surface area (Å²) in [5.74, 6) is 0.167. The number of likely N-dealkylation sites (N-methyl/N-ethyl adjacent to an activating group) is 1. The van der Waals surface area contributed by atoms with Gasteiger partial charge in [0.15, 0.2) is 0 Å². The van der Waals surface area contributed by atoms with Crippen LogP contribution in [0.5, 0.6) is 0 Å². The van der Waals surface area contributed by atoms with Crippen LogP contribution in [0.4, 0.5) is 22.0 Å². The maximum Gasteiger partial charge on any atom is 0.411 e. The van der Waals surface area contributed by atoms with Crippen molar-refractivity contribution in [1.82, 2.24) is 14.8 Å². The van der Waals surface area contributed by atoms with Gasteiger partial charge in [-0.3, -0.25) is 14.9 Å². The van der Waals surface area contributed by atoms with Crippen LogP contribution in [0, 0.1) is 6.92 Å². The summed E-state index contributed by atoms with van der Waals surface area (Å²) in [4.78, 5) is 46.6. The fraction of sp³-hybridized carbons (Fsp3) is 0.314. The summed E-state index contributed by atoms with van der Waals surface area (Å²) in [6, 6.07) is 20.6. The number of fused-ring (bicyclic) bond motifs is 1. The number of hydrogen-bond acceptors (Lipinski definition) is 7. The van der Waals surface area contributed by atoms with Crippen molar-refractivity contribution >= 4 is 45.9 Å². The minimum absolute atomic E-state index is 0.0274. The van der Waals surface area contributed by atoms with Crippen LogP contribution in [-0.4, -0.2) is 66.0 Å². The molecule has 1 aromatic heterocycles. The van der Waals surface area contributed by atoms with Crippen molar-refractivity contribution in [1.29, 1.82) is 0 Å². The number of nitrogens with one attached hydrogen (secondary N) is 2. The molecule has 0 fully saturated rings. The fourth-order valence-electron chi connectivity index (χ4n) is 5.24. The van der Waals surface area contributed by atoms with Gasteiger partial charge >= 0.3 is 6.09 Å². The largest absolute Gasteiger partial charge is 0.449 e. The molecule has 0 aliphatic heterocycles. The second kappa shape index (κ2) is 15.1. The van der Waals surface area contributed by atoms with Crippen molar-refractivity contribution in [3.05, 3.63) is 95.2 Å². The standard InChI is InChI=1S/C35H42N6O4/c1-6-41(7-2)34(43)31-15-13-28(39-35(44)45-22-24(4)29-11-9-8-10-23(29)3)19-26(31)21-40(5)32(42)20-38-27-12-14-30-25(18-27)16-17-37-33(30)36/h8-19,24,38H,6-7,20-22H2,1-5H3,(H2,36,37)(H,39,44)/t24-/m0/s1. The minimum atomic E-state index is -0.592. The van der Waals surface area contributed by atoms with E-state index in [1.807, 2.05) is 76.2 Å². The van der Waals surface area contributed by atoms with Gasteiger partial charge in [-0.05, 0) is 85.3 Å². The van der Waals surface area contributed by atoms with Crippen LogP contribution in [0.3, 0.4) is 0 Å². The number of aryl methyl sites for hydroxylation is 1. The van der Waals surface area contributed by atoms with E-state index in [4.69, 9.17) is 10.5 Å². The number of rotatable bonds is 12. The van der Waals surface area contributed by atoms with E-state index >= 15 is 0 Å². The third kappa shape index (κ3) is 8.29.